The van der Waals surface area contributed by atoms with Crippen molar-refractivity contribution in [2.24, 2.45) is 11.8 Å². The molecule has 8 heteroatoms. The molecular formula is C25H32Cl4O4. The zero-order chi connectivity index (χ0) is 24.8. The Hall–Kier alpha value is -0.880. The lowest BCUT2D eigenvalue weighted by Gasteiger charge is -2.28. The lowest BCUT2D eigenvalue weighted by molar-refractivity contribution is 0.159. The average Bonchev–Trinajstić information content (AvgIpc) is 2.77. The van der Waals surface area contributed by atoms with Gasteiger partial charge in [-0.15, -0.1) is 0 Å². The first-order valence-electron chi connectivity index (χ1n) is 11.0. The largest absolute Gasteiger partial charge is 0.490 e. The second-order valence-corrected chi connectivity index (χ2v) is 10.3. The molecule has 0 fully saturated rings. The second kappa shape index (κ2) is 12.7. The smallest absolute Gasteiger partial charge is 0.156 e. The van der Waals surface area contributed by atoms with Crippen molar-refractivity contribution in [3.63, 3.8) is 0 Å². The zero-order valence-corrected chi connectivity index (χ0v) is 22.5. The maximum atomic E-state index is 9.38. The third-order valence-electron chi connectivity index (χ3n) is 6.04. The molecule has 2 N–H and O–H groups in total. The molecule has 0 bridgehead atoms. The van der Waals surface area contributed by atoms with Gasteiger partial charge in [-0.3, -0.25) is 0 Å². The Morgan fingerprint density at radius 3 is 1.24 bits per heavy atom. The summed E-state index contributed by atoms with van der Waals surface area (Å²) in [6, 6.07) is 7.29. The molecule has 2 aromatic carbocycles. The average molecular weight is 538 g/mol. The fourth-order valence-corrected chi connectivity index (χ4v) is 4.48. The van der Waals surface area contributed by atoms with Crippen LogP contribution in [-0.4, -0.2) is 36.6 Å². The van der Waals surface area contributed by atoms with Gasteiger partial charge in [0, 0.05) is 30.5 Å². The van der Waals surface area contributed by atoms with Crippen molar-refractivity contribution in [2.45, 2.75) is 46.0 Å². The number of ether oxygens (including phenoxy) is 2. The normalized spacial score (nSPS) is 13.6. The van der Waals surface area contributed by atoms with Gasteiger partial charge in [-0.25, -0.2) is 0 Å². The summed E-state index contributed by atoms with van der Waals surface area (Å²) in [5, 5.41) is 20.3. The predicted molar refractivity (Wildman–Crippen MR) is 138 cm³/mol. The Bertz CT molecular complexity index is 805. The van der Waals surface area contributed by atoms with E-state index in [0.717, 1.165) is 24.0 Å². The van der Waals surface area contributed by atoms with Gasteiger partial charge in [-0.2, -0.15) is 0 Å². The third-order valence-corrected chi connectivity index (χ3v) is 7.16. The highest BCUT2D eigenvalue weighted by Gasteiger charge is 2.28. The topological polar surface area (TPSA) is 58.9 Å². The molecule has 0 aliphatic carbocycles. The molecule has 2 aromatic rings. The van der Waals surface area contributed by atoms with Crippen LogP contribution in [0.15, 0.2) is 24.3 Å². The van der Waals surface area contributed by atoms with E-state index in [4.69, 9.17) is 55.9 Å². The van der Waals surface area contributed by atoms with E-state index in [0.29, 0.717) is 44.8 Å². The predicted octanol–water partition coefficient (Wildman–Crippen LogP) is 7.42. The molecule has 0 saturated carbocycles. The number of aliphatic hydroxyl groups is 2. The number of aliphatic hydroxyl groups excluding tert-OH is 2. The third kappa shape index (κ3) is 7.06. The molecule has 0 aliphatic heterocycles. The first kappa shape index (κ1) is 28.4. The van der Waals surface area contributed by atoms with Crippen LogP contribution >= 0.6 is 46.4 Å². The van der Waals surface area contributed by atoms with Gasteiger partial charge in [-0.05, 0) is 48.2 Å². The minimum Gasteiger partial charge on any atom is -0.490 e. The number of halogens is 4. The SMILES string of the molecule is CCC(CO)COc1c(Cl)cc(C(C)(C)c2cc(Cl)c(OCC(CC)CO)c(Cl)c2)cc1Cl. The molecule has 33 heavy (non-hydrogen) atoms. The van der Waals surface area contributed by atoms with Crippen molar-refractivity contribution < 1.29 is 19.7 Å². The van der Waals surface area contributed by atoms with Crippen molar-refractivity contribution in [2.75, 3.05) is 26.4 Å². The molecule has 0 aliphatic rings. The van der Waals surface area contributed by atoms with Gasteiger partial charge >= 0.3 is 0 Å². The van der Waals surface area contributed by atoms with Gasteiger partial charge in [0.15, 0.2) is 11.5 Å². The number of hydrogen-bond donors (Lipinski definition) is 2. The van der Waals surface area contributed by atoms with Gasteiger partial charge in [0.2, 0.25) is 0 Å². The maximum absolute atomic E-state index is 9.38. The van der Waals surface area contributed by atoms with Crippen LogP contribution in [0.3, 0.4) is 0 Å². The van der Waals surface area contributed by atoms with E-state index in [1.165, 1.54) is 0 Å². The highest BCUT2D eigenvalue weighted by Crippen LogP contribution is 2.44. The van der Waals surface area contributed by atoms with E-state index in [9.17, 15) is 10.2 Å². The maximum Gasteiger partial charge on any atom is 0.156 e. The van der Waals surface area contributed by atoms with Crippen LogP contribution in [0.4, 0.5) is 0 Å². The Labute approximate surface area is 216 Å². The summed E-state index contributed by atoms with van der Waals surface area (Å²) in [6.45, 7) is 8.76. The summed E-state index contributed by atoms with van der Waals surface area (Å²) >= 11 is 26.1. The van der Waals surface area contributed by atoms with Gasteiger partial charge in [0.1, 0.15) is 0 Å². The molecule has 0 aromatic heterocycles. The Kier molecular flexibility index (Phi) is 10.9. The van der Waals surface area contributed by atoms with Crippen LogP contribution < -0.4 is 9.47 Å². The Balaban J connectivity index is 2.31. The lowest BCUT2D eigenvalue weighted by atomic mass is 9.78. The van der Waals surface area contributed by atoms with Crippen molar-refractivity contribution in [1.82, 2.24) is 0 Å². The van der Waals surface area contributed by atoms with Crippen molar-refractivity contribution >= 4 is 46.4 Å². The fraction of sp³-hybridized carbons (Fsp3) is 0.520. The van der Waals surface area contributed by atoms with Crippen molar-refractivity contribution in [1.29, 1.82) is 0 Å². The molecule has 4 nitrogen and oxygen atoms in total. The molecule has 0 heterocycles. The minimum atomic E-state index is -0.522. The molecule has 2 rings (SSSR count). The summed E-state index contributed by atoms with van der Waals surface area (Å²) in [4.78, 5) is 0. The van der Waals surface area contributed by atoms with E-state index >= 15 is 0 Å². The second-order valence-electron chi connectivity index (χ2n) is 8.70. The molecule has 0 saturated heterocycles. The minimum absolute atomic E-state index is 0.0169. The van der Waals surface area contributed by atoms with Crippen molar-refractivity contribution in [3.8, 4) is 11.5 Å². The van der Waals surface area contributed by atoms with Crippen LogP contribution in [0, 0.1) is 11.8 Å². The van der Waals surface area contributed by atoms with Crippen molar-refractivity contribution in [3.05, 3.63) is 55.5 Å². The first-order valence-corrected chi connectivity index (χ1v) is 12.6. The summed E-state index contributed by atoms with van der Waals surface area (Å²) in [7, 11) is 0. The molecular weight excluding hydrogens is 506 g/mol. The highest BCUT2D eigenvalue weighted by molar-refractivity contribution is 6.38. The van der Waals surface area contributed by atoms with Crippen LogP contribution in [0.5, 0.6) is 11.5 Å². The number of benzene rings is 2. The Morgan fingerprint density at radius 1 is 0.697 bits per heavy atom. The summed E-state index contributed by atoms with van der Waals surface area (Å²) < 4.78 is 11.6. The molecule has 2 unspecified atom stereocenters. The first-order chi connectivity index (χ1) is 15.6. The number of rotatable bonds is 12. The van der Waals surface area contributed by atoms with E-state index in [1.807, 2.05) is 52.0 Å². The fourth-order valence-electron chi connectivity index (χ4n) is 3.29. The van der Waals surface area contributed by atoms with Crippen LogP contribution in [0.25, 0.3) is 0 Å². The Morgan fingerprint density at radius 2 is 1.00 bits per heavy atom. The van der Waals surface area contributed by atoms with E-state index in [-0.39, 0.29) is 25.0 Å². The monoisotopic (exact) mass is 536 g/mol. The standard InChI is InChI=1S/C25H32Cl4O4/c1-5-15(11-30)13-32-23-19(26)7-17(8-20(23)27)25(3,4)18-9-21(28)24(22(29)10-18)33-14-16(6-2)12-31/h7-10,15-16,30-31H,5-6,11-14H2,1-4H3. The summed E-state index contributed by atoms with van der Waals surface area (Å²) in [5.41, 5.74) is 1.21. The van der Waals surface area contributed by atoms with E-state index in [2.05, 4.69) is 0 Å². The number of hydrogen-bond acceptors (Lipinski definition) is 4. The van der Waals surface area contributed by atoms with Crippen LogP contribution in [-0.2, 0) is 5.41 Å². The van der Waals surface area contributed by atoms with E-state index in [1.54, 1.807) is 0 Å². The molecule has 0 radical (unpaired) electrons. The molecule has 0 spiro atoms. The molecule has 2 atom stereocenters. The summed E-state index contributed by atoms with van der Waals surface area (Å²) in [5.74, 6) is 0.837. The highest BCUT2D eigenvalue weighted by atomic mass is 35.5. The summed E-state index contributed by atoms with van der Waals surface area (Å²) in [6.07, 6.45) is 1.58. The van der Waals surface area contributed by atoms with Crippen LogP contribution in [0.2, 0.25) is 20.1 Å². The van der Waals surface area contributed by atoms with E-state index < -0.39 is 5.41 Å². The van der Waals surface area contributed by atoms with Gasteiger partial charge < -0.3 is 19.7 Å². The van der Waals surface area contributed by atoms with Crippen LogP contribution in [0.1, 0.15) is 51.7 Å². The quantitative estimate of drug-likeness (QED) is 0.295. The van der Waals surface area contributed by atoms with Gasteiger partial charge in [0.05, 0.1) is 33.3 Å². The lowest BCUT2D eigenvalue weighted by Crippen LogP contribution is -2.20. The molecule has 184 valence electrons. The van der Waals surface area contributed by atoms with Gasteiger partial charge in [0.25, 0.3) is 0 Å². The van der Waals surface area contributed by atoms with Gasteiger partial charge in [-0.1, -0.05) is 74.1 Å². The molecule has 0 amide bonds. The zero-order valence-electron chi connectivity index (χ0n) is 19.4.